The van der Waals surface area contributed by atoms with E-state index in [2.05, 4.69) is 9.80 Å². The second kappa shape index (κ2) is 4.42. The van der Waals surface area contributed by atoms with Crippen molar-refractivity contribution in [3.05, 3.63) is 0 Å². The van der Waals surface area contributed by atoms with Gasteiger partial charge in [0.1, 0.15) is 6.23 Å². The van der Waals surface area contributed by atoms with Crippen molar-refractivity contribution in [2.45, 2.75) is 13.2 Å². The molecule has 0 N–H and O–H groups in total. The molecule has 0 spiro atoms. The number of morpholine rings is 1. The predicted molar refractivity (Wildman–Crippen MR) is 57.1 cm³/mol. The molecule has 1 unspecified atom stereocenters. The lowest BCUT2D eigenvalue weighted by Crippen LogP contribution is -2.49. The lowest BCUT2D eigenvalue weighted by atomic mass is 10.4. The van der Waals surface area contributed by atoms with Crippen LogP contribution in [0, 0.1) is 0 Å². The van der Waals surface area contributed by atoms with E-state index in [4.69, 9.17) is 21.7 Å². The molecule has 2 fully saturated rings. The summed E-state index contributed by atoms with van der Waals surface area (Å²) in [6, 6.07) is 0. The molecule has 2 aliphatic heterocycles. The molecular formula is C9H16N2O2S. The molecule has 0 radical (unpaired) electrons. The highest BCUT2D eigenvalue weighted by atomic mass is 32.1. The van der Waals surface area contributed by atoms with E-state index in [-0.39, 0.29) is 6.23 Å². The van der Waals surface area contributed by atoms with Gasteiger partial charge in [-0.05, 0) is 19.1 Å². The minimum absolute atomic E-state index is 0.130. The number of ether oxygens (including phenoxy) is 2. The van der Waals surface area contributed by atoms with Crippen LogP contribution >= 0.6 is 12.2 Å². The van der Waals surface area contributed by atoms with Gasteiger partial charge in [-0.15, -0.1) is 0 Å². The van der Waals surface area contributed by atoms with Crippen LogP contribution in [-0.2, 0) is 9.47 Å². The second-order valence-corrected chi connectivity index (χ2v) is 3.91. The van der Waals surface area contributed by atoms with Crippen LogP contribution in [0.1, 0.15) is 6.92 Å². The highest BCUT2D eigenvalue weighted by molar-refractivity contribution is 7.80. The van der Waals surface area contributed by atoms with Gasteiger partial charge in [0.15, 0.2) is 5.11 Å². The third-order valence-electron chi connectivity index (χ3n) is 2.66. The Kier molecular flexibility index (Phi) is 3.20. The largest absolute Gasteiger partial charge is 0.378 e. The van der Waals surface area contributed by atoms with Gasteiger partial charge in [-0.2, -0.15) is 0 Å². The van der Waals surface area contributed by atoms with E-state index < -0.39 is 0 Å². The first kappa shape index (κ1) is 10.1. The molecule has 0 aromatic heterocycles. The minimum Gasteiger partial charge on any atom is -0.378 e. The Morgan fingerprint density at radius 2 is 1.93 bits per heavy atom. The maximum atomic E-state index is 5.46. The average Bonchev–Trinajstić information content (AvgIpc) is 2.65. The first-order chi connectivity index (χ1) is 6.79. The van der Waals surface area contributed by atoms with Gasteiger partial charge in [-0.1, -0.05) is 0 Å². The third-order valence-corrected chi connectivity index (χ3v) is 3.15. The minimum atomic E-state index is 0.130. The molecule has 2 rings (SSSR count). The summed E-state index contributed by atoms with van der Waals surface area (Å²) < 4.78 is 10.7. The van der Waals surface area contributed by atoms with Crippen molar-refractivity contribution in [1.82, 2.24) is 9.80 Å². The maximum absolute atomic E-state index is 5.46. The van der Waals surface area contributed by atoms with E-state index in [1.165, 1.54) is 0 Å². The SMILES string of the molecule is CC1OCCN1C(=S)N1CCOCC1. The number of thiocarbonyl (C=S) groups is 1. The van der Waals surface area contributed by atoms with Crippen molar-refractivity contribution in [3.8, 4) is 0 Å². The normalized spacial score (nSPS) is 28.2. The molecule has 2 saturated heterocycles. The zero-order valence-electron chi connectivity index (χ0n) is 8.44. The fraction of sp³-hybridized carbons (Fsp3) is 0.889. The molecule has 2 aliphatic rings. The Labute approximate surface area is 89.8 Å². The molecule has 0 aromatic carbocycles. The second-order valence-electron chi connectivity index (χ2n) is 3.55. The summed E-state index contributed by atoms with van der Waals surface area (Å²) in [5.74, 6) is 0. The van der Waals surface area contributed by atoms with Crippen molar-refractivity contribution in [1.29, 1.82) is 0 Å². The van der Waals surface area contributed by atoms with Gasteiger partial charge < -0.3 is 19.3 Å². The van der Waals surface area contributed by atoms with Crippen molar-refractivity contribution in [3.63, 3.8) is 0 Å². The van der Waals surface area contributed by atoms with E-state index in [0.29, 0.717) is 0 Å². The van der Waals surface area contributed by atoms with Gasteiger partial charge >= 0.3 is 0 Å². The quantitative estimate of drug-likeness (QED) is 0.542. The summed E-state index contributed by atoms with van der Waals surface area (Å²) in [4.78, 5) is 4.34. The zero-order valence-corrected chi connectivity index (χ0v) is 9.26. The summed E-state index contributed by atoms with van der Waals surface area (Å²) in [6.45, 7) is 7.11. The van der Waals surface area contributed by atoms with Gasteiger partial charge in [-0.3, -0.25) is 0 Å². The van der Waals surface area contributed by atoms with Crippen LogP contribution in [0.2, 0.25) is 0 Å². The molecule has 4 nitrogen and oxygen atoms in total. The smallest absolute Gasteiger partial charge is 0.173 e. The van der Waals surface area contributed by atoms with Gasteiger partial charge in [0, 0.05) is 19.6 Å². The van der Waals surface area contributed by atoms with Gasteiger partial charge in [0.25, 0.3) is 0 Å². The van der Waals surface area contributed by atoms with Crippen LogP contribution in [0.5, 0.6) is 0 Å². The van der Waals surface area contributed by atoms with Crippen molar-refractivity contribution < 1.29 is 9.47 Å². The standard InChI is InChI=1S/C9H16N2O2S/c1-8-11(4-7-13-8)9(14)10-2-5-12-6-3-10/h8H,2-7H2,1H3. The highest BCUT2D eigenvalue weighted by Gasteiger charge is 2.27. The maximum Gasteiger partial charge on any atom is 0.173 e. The molecule has 80 valence electrons. The third kappa shape index (κ3) is 1.99. The van der Waals surface area contributed by atoms with Crippen LogP contribution in [-0.4, -0.2) is 60.6 Å². The molecule has 0 aromatic rings. The molecule has 0 bridgehead atoms. The van der Waals surface area contributed by atoms with Crippen molar-refractivity contribution >= 4 is 17.3 Å². The molecule has 2 heterocycles. The number of hydrogen-bond donors (Lipinski definition) is 0. The molecule has 0 saturated carbocycles. The summed E-state index contributed by atoms with van der Waals surface area (Å²) in [5.41, 5.74) is 0. The van der Waals surface area contributed by atoms with E-state index in [1.54, 1.807) is 0 Å². The van der Waals surface area contributed by atoms with E-state index in [1.807, 2.05) is 6.92 Å². The Morgan fingerprint density at radius 3 is 2.50 bits per heavy atom. The van der Waals surface area contributed by atoms with Crippen LogP contribution in [0.25, 0.3) is 0 Å². The molecular weight excluding hydrogens is 200 g/mol. The Balaban J connectivity index is 1.92. The Morgan fingerprint density at radius 1 is 1.21 bits per heavy atom. The van der Waals surface area contributed by atoms with Crippen LogP contribution < -0.4 is 0 Å². The van der Waals surface area contributed by atoms with Crippen molar-refractivity contribution in [2.24, 2.45) is 0 Å². The molecule has 1 atom stereocenters. The van der Waals surface area contributed by atoms with Gasteiger partial charge in [-0.25, -0.2) is 0 Å². The van der Waals surface area contributed by atoms with Crippen LogP contribution in [0.15, 0.2) is 0 Å². The number of rotatable bonds is 0. The summed E-state index contributed by atoms with van der Waals surface area (Å²) in [5, 5.41) is 0.915. The molecule has 14 heavy (non-hydrogen) atoms. The highest BCUT2D eigenvalue weighted by Crippen LogP contribution is 2.13. The lowest BCUT2D eigenvalue weighted by molar-refractivity contribution is 0.0497. The fourth-order valence-corrected chi connectivity index (χ4v) is 2.20. The zero-order chi connectivity index (χ0) is 9.97. The topological polar surface area (TPSA) is 24.9 Å². The Bertz CT molecular complexity index is 219. The fourth-order valence-electron chi connectivity index (χ4n) is 1.78. The lowest BCUT2D eigenvalue weighted by Gasteiger charge is -2.34. The summed E-state index contributed by atoms with van der Waals surface area (Å²) >= 11 is 5.43. The molecule has 5 heteroatoms. The van der Waals surface area contributed by atoms with E-state index in [0.717, 1.165) is 44.6 Å². The average molecular weight is 216 g/mol. The van der Waals surface area contributed by atoms with Gasteiger partial charge in [0.05, 0.1) is 19.8 Å². The Hall–Kier alpha value is -0.390. The van der Waals surface area contributed by atoms with E-state index >= 15 is 0 Å². The van der Waals surface area contributed by atoms with Crippen LogP contribution in [0.4, 0.5) is 0 Å². The van der Waals surface area contributed by atoms with Crippen molar-refractivity contribution in [2.75, 3.05) is 39.5 Å². The molecule has 0 aliphatic carbocycles. The predicted octanol–water partition coefficient (Wildman–Crippen LogP) is 0.282. The summed E-state index contributed by atoms with van der Waals surface area (Å²) in [7, 11) is 0. The van der Waals surface area contributed by atoms with Gasteiger partial charge in [0.2, 0.25) is 0 Å². The first-order valence-corrected chi connectivity index (χ1v) is 5.45. The summed E-state index contributed by atoms with van der Waals surface area (Å²) in [6.07, 6.45) is 0.130. The van der Waals surface area contributed by atoms with Crippen LogP contribution in [0.3, 0.4) is 0 Å². The first-order valence-electron chi connectivity index (χ1n) is 5.04. The number of nitrogens with zero attached hydrogens (tertiary/aromatic N) is 2. The van der Waals surface area contributed by atoms with E-state index in [9.17, 15) is 0 Å². The number of hydrogen-bond acceptors (Lipinski definition) is 3. The molecule has 0 amide bonds. The monoisotopic (exact) mass is 216 g/mol.